The standard InChI is InChI=1S/C25H33N3O5/c1-18(2)14-16-25(31,17-15-19(3)4)24(30)26-27(21-8-6-5-7-9-21)23(29)20-10-12-22(13-11-20)28(32)33/h5-13,18-19,31H,14-17H2,1-4H3,(H,26,30). The van der Waals surface area contributed by atoms with E-state index in [1.54, 1.807) is 30.3 Å². The monoisotopic (exact) mass is 455 g/mol. The number of nitro benzene ring substituents is 1. The Morgan fingerprint density at radius 2 is 1.48 bits per heavy atom. The lowest BCUT2D eigenvalue weighted by Crippen LogP contribution is -2.55. The molecule has 8 nitrogen and oxygen atoms in total. The zero-order chi connectivity index (χ0) is 24.6. The van der Waals surface area contributed by atoms with E-state index in [0.29, 0.717) is 30.4 Å². The Hall–Kier alpha value is -3.26. The van der Waals surface area contributed by atoms with Crippen molar-refractivity contribution in [1.29, 1.82) is 0 Å². The molecule has 0 aliphatic heterocycles. The number of nitrogens with zero attached hydrogens (tertiary/aromatic N) is 2. The summed E-state index contributed by atoms with van der Waals surface area (Å²) in [5.41, 5.74) is 1.42. The number of carbonyl (C=O) groups is 2. The number of hydrogen-bond acceptors (Lipinski definition) is 5. The molecule has 8 heteroatoms. The van der Waals surface area contributed by atoms with Gasteiger partial charge < -0.3 is 5.11 Å². The summed E-state index contributed by atoms with van der Waals surface area (Å²) in [6, 6.07) is 13.7. The van der Waals surface area contributed by atoms with E-state index < -0.39 is 22.3 Å². The molecule has 0 aliphatic rings. The molecular weight excluding hydrogens is 422 g/mol. The molecule has 0 atom stereocenters. The first-order valence-electron chi connectivity index (χ1n) is 11.2. The van der Waals surface area contributed by atoms with Crippen molar-refractivity contribution in [2.75, 3.05) is 5.01 Å². The molecule has 0 radical (unpaired) electrons. The molecule has 2 aromatic rings. The van der Waals surface area contributed by atoms with Gasteiger partial charge in [-0.05, 0) is 61.8 Å². The summed E-state index contributed by atoms with van der Waals surface area (Å²) in [5.74, 6) is -0.617. The number of para-hydroxylation sites is 1. The van der Waals surface area contributed by atoms with E-state index in [4.69, 9.17) is 0 Å². The molecule has 0 aliphatic carbocycles. The zero-order valence-corrected chi connectivity index (χ0v) is 19.7. The third-order valence-electron chi connectivity index (χ3n) is 5.45. The van der Waals surface area contributed by atoms with Gasteiger partial charge in [0.1, 0.15) is 5.60 Å². The molecule has 33 heavy (non-hydrogen) atoms. The summed E-state index contributed by atoms with van der Waals surface area (Å²) in [7, 11) is 0. The van der Waals surface area contributed by atoms with Crippen LogP contribution in [0.1, 0.15) is 63.7 Å². The fourth-order valence-electron chi connectivity index (χ4n) is 3.28. The third kappa shape index (κ3) is 7.39. The Morgan fingerprint density at radius 3 is 1.94 bits per heavy atom. The van der Waals surface area contributed by atoms with E-state index in [1.165, 1.54) is 24.3 Å². The van der Waals surface area contributed by atoms with E-state index in [9.17, 15) is 24.8 Å². The number of hydrogen-bond donors (Lipinski definition) is 2. The van der Waals surface area contributed by atoms with Crippen molar-refractivity contribution in [2.45, 2.75) is 59.0 Å². The Bertz CT molecular complexity index is 930. The van der Waals surface area contributed by atoms with Gasteiger partial charge in [-0.1, -0.05) is 45.9 Å². The van der Waals surface area contributed by atoms with Gasteiger partial charge in [-0.15, -0.1) is 0 Å². The van der Waals surface area contributed by atoms with Gasteiger partial charge in [0.2, 0.25) is 0 Å². The third-order valence-corrected chi connectivity index (χ3v) is 5.45. The van der Waals surface area contributed by atoms with Crippen LogP contribution < -0.4 is 10.4 Å². The van der Waals surface area contributed by atoms with Crippen LogP contribution in [0.15, 0.2) is 54.6 Å². The molecule has 2 N–H and O–H groups in total. The van der Waals surface area contributed by atoms with Gasteiger partial charge in [0.15, 0.2) is 0 Å². The Kier molecular flexibility index (Phi) is 9.11. The average Bonchev–Trinajstić information content (AvgIpc) is 2.79. The van der Waals surface area contributed by atoms with Crippen molar-refractivity contribution in [3.05, 3.63) is 70.3 Å². The minimum Gasteiger partial charge on any atom is -0.380 e. The summed E-state index contributed by atoms with van der Waals surface area (Å²) < 4.78 is 0. The predicted molar refractivity (Wildman–Crippen MR) is 128 cm³/mol. The number of nitro groups is 1. The molecule has 0 fully saturated rings. The first kappa shape index (κ1) is 26.0. The van der Waals surface area contributed by atoms with Crippen molar-refractivity contribution >= 4 is 23.2 Å². The number of amides is 2. The molecule has 2 amide bonds. The van der Waals surface area contributed by atoms with E-state index in [-0.39, 0.29) is 24.1 Å². The molecule has 0 aromatic heterocycles. The second-order valence-electron chi connectivity index (χ2n) is 9.12. The fourth-order valence-corrected chi connectivity index (χ4v) is 3.28. The molecule has 0 unspecified atom stereocenters. The number of nitrogens with one attached hydrogen (secondary N) is 1. The highest BCUT2D eigenvalue weighted by Gasteiger charge is 2.37. The second kappa shape index (κ2) is 11.6. The lowest BCUT2D eigenvalue weighted by molar-refractivity contribution is -0.384. The van der Waals surface area contributed by atoms with Gasteiger partial charge >= 0.3 is 0 Å². The summed E-state index contributed by atoms with van der Waals surface area (Å²) >= 11 is 0. The Balaban J connectivity index is 2.35. The van der Waals surface area contributed by atoms with Crippen LogP contribution in [0, 0.1) is 22.0 Å². The van der Waals surface area contributed by atoms with Crippen LogP contribution in [-0.2, 0) is 4.79 Å². The smallest absolute Gasteiger partial charge is 0.277 e. The van der Waals surface area contributed by atoms with Crippen LogP contribution in [0.2, 0.25) is 0 Å². The van der Waals surface area contributed by atoms with E-state index in [0.717, 1.165) is 5.01 Å². The van der Waals surface area contributed by atoms with Crippen molar-refractivity contribution in [2.24, 2.45) is 11.8 Å². The predicted octanol–water partition coefficient (Wildman–Crippen LogP) is 4.88. The van der Waals surface area contributed by atoms with Crippen LogP contribution >= 0.6 is 0 Å². The van der Waals surface area contributed by atoms with Gasteiger partial charge in [-0.25, -0.2) is 5.01 Å². The molecule has 2 aromatic carbocycles. The van der Waals surface area contributed by atoms with Crippen LogP contribution in [-0.4, -0.2) is 27.4 Å². The van der Waals surface area contributed by atoms with Gasteiger partial charge in [-0.3, -0.25) is 25.1 Å². The first-order valence-corrected chi connectivity index (χ1v) is 11.2. The molecule has 0 saturated heterocycles. The molecule has 0 saturated carbocycles. The average molecular weight is 456 g/mol. The van der Waals surface area contributed by atoms with E-state index >= 15 is 0 Å². The molecule has 0 heterocycles. The fraction of sp³-hybridized carbons (Fsp3) is 0.440. The van der Waals surface area contributed by atoms with Crippen molar-refractivity contribution in [1.82, 2.24) is 5.43 Å². The van der Waals surface area contributed by atoms with Crippen molar-refractivity contribution in [3.8, 4) is 0 Å². The molecule has 0 spiro atoms. The first-order chi connectivity index (χ1) is 15.5. The highest BCUT2D eigenvalue weighted by Crippen LogP contribution is 2.26. The largest absolute Gasteiger partial charge is 0.380 e. The van der Waals surface area contributed by atoms with Crippen molar-refractivity contribution < 1.29 is 19.6 Å². The number of non-ortho nitro benzene ring substituents is 1. The topological polar surface area (TPSA) is 113 Å². The molecular formula is C25H33N3O5. The van der Waals surface area contributed by atoms with E-state index in [1.807, 2.05) is 27.7 Å². The summed E-state index contributed by atoms with van der Waals surface area (Å²) in [6.45, 7) is 8.09. The zero-order valence-electron chi connectivity index (χ0n) is 19.7. The summed E-state index contributed by atoms with van der Waals surface area (Å²) in [5, 5.41) is 23.3. The highest BCUT2D eigenvalue weighted by molar-refractivity contribution is 6.08. The minimum atomic E-state index is -1.63. The maximum absolute atomic E-state index is 13.3. The lowest BCUT2D eigenvalue weighted by Gasteiger charge is -2.32. The number of carbonyl (C=O) groups excluding carboxylic acids is 2. The molecule has 2 rings (SSSR count). The second-order valence-corrected chi connectivity index (χ2v) is 9.12. The van der Waals surface area contributed by atoms with Crippen LogP contribution in [0.4, 0.5) is 11.4 Å². The maximum Gasteiger partial charge on any atom is 0.277 e. The number of benzene rings is 2. The number of rotatable bonds is 10. The maximum atomic E-state index is 13.3. The summed E-state index contributed by atoms with van der Waals surface area (Å²) in [4.78, 5) is 37.0. The number of aliphatic hydroxyl groups is 1. The van der Waals surface area contributed by atoms with Gasteiger partial charge in [0, 0.05) is 17.7 Å². The lowest BCUT2D eigenvalue weighted by atomic mass is 9.86. The van der Waals surface area contributed by atoms with Gasteiger partial charge in [0.25, 0.3) is 17.5 Å². The molecule has 178 valence electrons. The van der Waals surface area contributed by atoms with E-state index in [2.05, 4.69) is 5.43 Å². The van der Waals surface area contributed by atoms with Crippen LogP contribution in [0.3, 0.4) is 0 Å². The number of anilines is 1. The SMILES string of the molecule is CC(C)CCC(O)(CCC(C)C)C(=O)NN(C(=O)c1ccc([N+](=O)[O-])cc1)c1ccccc1. The summed E-state index contributed by atoms with van der Waals surface area (Å²) in [6.07, 6.45) is 1.86. The highest BCUT2D eigenvalue weighted by atomic mass is 16.6. The Morgan fingerprint density at radius 1 is 0.970 bits per heavy atom. The normalized spacial score (nSPS) is 11.5. The van der Waals surface area contributed by atoms with Crippen LogP contribution in [0.5, 0.6) is 0 Å². The van der Waals surface area contributed by atoms with Crippen molar-refractivity contribution in [3.63, 3.8) is 0 Å². The molecule has 0 bridgehead atoms. The van der Waals surface area contributed by atoms with Gasteiger partial charge in [-0.2, -0.15) is 0 Å². The minimum absolute atomic E-state index is 0.140. The van der Waals surface area contributed by atoms with Crippen LogP contribution in [0.25, 0.3) is 0 Å². The quantitative estimate of drug-likeness (QED) is 0.392. The Labute approximate surface area is 194 Å². The number of hydrazine groups is 1. The van der Waals surface area contributed by atoms with Gasteiger partial charge in [0.05, 0.1) is 10.6 Å².